The van der Waals surface area contributed by atoms with Crippen LogP contribution in [0.4, 0.5) is 0 Å². The van der Waals surface area contributed by atoms with Crippen LogP contribution in [0, 0.1) is 0 Å². The van der Waals surface area contributed by atoms with Crippen molar-refractivity contribution < 1.29 is 14.4 Å². The molecule has 4 rings (SSSR count). The first kappa shape index (κ1) is 12.8. The molecule has 0 saturated carbocycles. The van der Waals surface area contributed by atoms with Crippen molar-refractivity contribution in [2.45, 2.75) is 13.1 Å². The summed E-state index contributed by atoms with van der Waals surface area (Å²) in [6.45, 7) is 0.807. The van der Waals surface area contributed by atoms with E-state index in [0.29, 0.717) is 23.5 Å². The van der Waals surface area contributed by atoms with Gasteiger partial charge in [0, 0.05) is 31.4 Å². The molecule has 22 heavy (non-hydrogen) atoms. The van der Waals surface area contributed by atoms with E-state index in [1.807, 2.05) is 0 Å². The third-order valence-electron chi connectivity index (χ3n) is 3.75. The fraction of sp³-hybridized carbons (Fsp3) is 0.200. The Bertz CT molecular complexity index is 805. The number of fused-ring (bicyclic) bond motifs is 2. The first-order valence-electron chi connectivity index (χ1n) is 6.82. The maximum absolute atomic E-state index is 12.2. The van der Waals surface area contributed by atoms with Crippen molar-refractivity contribution in [1.29, 1.82) is 0 Å². The summed E-state index contributed by atoms with van der Waals surface area (Å²) in [6, 6.07) is 6.88. The molecule has 7 heteroatoms. The van der Waals surface area contributed by atoms with Gasteiger partial charge in [0.25, 0.3) is 11.8 Å². The molecule has 0 radical (unpaired) electrons. The van der Waals surface area contributed by atoms with Crippen molar-refractivity contribution in [2.75, 3.05) is 7.05 Å². The van der Waals surface area contributed by atoms with Crippen LogP contribution in [0.5, 0.6) is 5.88 Å². The molecule has 0 bridgehead atoms. The summed E-state index contributed by atoms with van der Waals surface area (Å²) in [4.78, 5) is 39.7. The molecule has 0 atom stereocenters. The van der Waals surface area contributed by atoms with Gasteiger partial charge in [0.1, 0.15) is 12.2 Å². The number of amides is 2. The fourth-order valence-electron chi connectivity index (χ4n) is 2.63. The maximum atomic E-state index is 12.2. The van der Waals surface area contributed by atoms with Crippen LogP contribution in [0.15, 0.2) is 30.5 Å². The van der Waals surface area contributed by atoms with Crippen LogP contribution in [-0.4, -0.2) is 38.8 Å². The van der Waals surface area contributed by atoms with Gasteiger partial charge in [-0.1, -0.05) is 0 Å². The molecular formula is C15H12N4O3. The van der Waals surface area contributed by atoms with E-state index in [-0.39, 0.29) is 24.2 Å². The number of hydrogen-bond acceptors (Lipinski definition) is 5. The zero-order valence-corrected chi connectivity index (χ0v) is 11.8. The molecule has 0 aliphatic carbocycles. The number of carbonyl (C=O) groups excluding carboxylic acids is 2. The summed E-state index contributed by atoms with van der Waals surface area (Å²) in [5.74, 6) is -0.171. The highest BCUT2D eigenvalue weighted by Crippen LogP contribution is 2.25. The Hall–Kier alpha value is -2.96. The average Bonchev–Trinajstić information content (AvgIpc) is 2.99. The lowest BCUT2D eigenvalue weighted by molar-refractivity contribution is -0.0362. The van der Waals surface area contributed by atoms with Crippen molar-refractivity contribution >= 4 is 11.8 Å². The third kappa shape index (κ3) is 1.82. The molecule has 0 spiro atoms. The minimum atomic E-state index is -0.256. The van der Waals surface area contributed by atoms with E-state index < -0.39 is 0 Å². The minimum Gasteiger partial charge on any atom is -0.356 e. The van der Waals surface area contributed by atoms with Gasteiger partial charge >= 0.3 is 0 Å². The quantitative estimate of drug-likeness (QED) is 0.827. The van der Waals surface area contributed by atoms with Gasteiger partial charge in [-0.05, 0) is 18.2 Å². The molecule has 7 nitrogen and oxygen atoms in total. The van der Waals surface area contributed by atoms with Gasteiger partial charge in [0.15, 0.2) is 0 Å². The molecule has 2 aliphatic rings. The molecule has 4 heterocycles. The van der Waals surface area contributed by atoms with E-state index in [4.69, 9.17) is 4.84 Å². The number of carbonyl (C=O) groups is 2. The van der Waals surface area contributed by atoms with Crippen LogP contribution in [0.1, 0.15) is 32.1 Å². The van der Waals surface area contributed by atoms with Crippen molar-refractivity contribution in [3.05, 3.63) is 53.0 Å². The van der Waals surface area contributed by atoms with Crippen molar-refractivity contribution in [2.24, 2.45) is 0 Å². The number of hydrogen-bond donors (Lipinski definition) is 0. The number of hydroxylamine groups is 2. The lowest BCUT2D eigenvalue weighted by Crippen LogP contribution is -2.28. The summed E-state index contributed by atoms with van der Waals surface area (Å²) in [5.41, 5.74) is 2.43. The van der Waals surface area contributed by atoms with Gasteiger partial charge in [0.05, 0.1) is 11.3 Å². The summed E-state index contributed by atoms with van der Waals surface area (Å²) in [5, 5.41) is 1.20. The standard InChI is InChI=1S/C15H12N4O3/c1-18-7-9-4-5-12(17-13(9)15(18)21)22-19-8-11-10(14(19)20)3-2-6-16-11/h2-6H,7-8H2,1H3. The summed E-state index contributed by atoms with van der Waals surface area (Å²) < 4.78 is 0. The molecule has 0 fully saturated rings. The molecule has 2 amide bonds. The Balaban J connectivity index is 1.59. The SMILES string of the molecule is CN1Cc2ccc(ON3Cc4ncccc4C3=O)nc2C1=O. The molecule has 110 valence electrons. The van der Waals surface area contributed by atoms with Gasteiger partial charge in [-0.2, -0.15) is 5.06 Å². The van der Waals surface area contributed by atoms with Gasteiger partial charge in [0.2, 0.25) is 5.88 Å². The van der Waals surface area contributed by atoms with E-state index in [9.17, 15) is 9.59 Å². The van der Waals surface area contributed by atoms with E-state index in [1.165, 1.54) is 5.06 Å². The van der Waals surface area contributed by atoms with Crippen molar-refractivity contribution in [3.63, 3.8) is 0 Å². The molecule has 0 aromatic carbocycles. The van der Waals surface area contributed by atoms with Crippen LogP contribution in [0.2, 0.25) is 0 Å². The van der Waals surface area contributed by atoms with Crippen LogP contribution >= 0.6 is 0 Å². The normalized spacial score (nSPS) is 16.0. The van der Waals surface area contributed by atoms with Crippen LogP contribution < -0.4 is 4.84 Å². The molecule has 2 aliphatic heterocycles. The topological polar surface area (TPSA) is 75.6 Å². The average molecular weight is 296 g/mol. The lowest BCUT2D eigenvalue weighted by atomic mass is 10.2. The molecule has 0 saturated heterocycles. The number of nitrogens with zero attached hydrogens (tertiary/aromatic N) is 4. The van der Waals surface area contributed by atoms with E-state index in [1.54, 1.807) is 42.4 Å². The molecular weight excluding hydrogens is 284 g/mol. The van der Waals surface area contributed by atoms with Gasteiger partial charge in [-0.25, -0.2) is 4.98 Å². The van der Waals surface area contributed by atoms with Gasteiger partial charge in [-0.15, -0.1) is 0 Å². The lowest BCUT2D eigenvalue weighted by Gasteiger charge is -2.15. The highest BCUT2D eigenvalue weighted by molar-refractivity contribution is 5.97. The molecule has 0 N–H and O–H groups in total. The largest absolute Gasteiger partial charge is 0.356 e. The Morgan fingerprint density at radius 3 is 2.82 bits per heavy atom. The summed E-state index contributed by atoms with van der Waals surface area (Å²) in [6.07, 6.45) is 1.64. The highest BCUT2D eigenvalue weighted by Gasteiger charge is 2.31. The smallest absolute Gasteiger partial charge is 0.288 e. The zero-order chi connectivity index (χ0) is 15.3. The Kier molecular flexibility index (Phi) is 2.62. The predicted octanol–water partition coefficient (Wildman–Crippen LogP) is 1.01. The maximum Gasteiger partial charge on any atom is 0.288 e. The van der Waals surface area contributed by atoms with Crippen LogP contribution in [0.25, 0.3) is 0 Å². The van der Waals surface area contributed by atoms with Gasteiger partial charge < -0.3 is 9.74 Å². The summed E-state index contributed by atoms with van der Waals surface area (Å²) >= 11 is 0. The van der Waals surface area contributed by atoms with Crippen LogP contribution in [0.3, 0.4) is 0 Å². The second kappa shape index (κ2) is 4.52. The number of pyridine rings is 2. The predicted molar refractivity (Wildman–Crippen MR) is 74.8 cm³/mol. The Morgan fingerprint density at radius 1 is 1.14 bits per heavy atom. The monoisotopic (exact) mass is 296 g/mol. The minimum absolute atomic E-state index is 0.141. The summed E-state index contributed by atoms with van der Waals surface area (Å²) in [7, 11) is 1.72. The van der Waals surface area contributed by atoms with Crippen molar-refractivity contribution in [3.8, 4) is 5.88 Å². The second-order valence-corrected chi connectivity index (χ2v) is 5.25. The van der Waals surface area contributed by atoms with Crippen LogP contribution in [-0.2, 0) is 13.1 Å². The Labute approximate surface area is 126 Å². The highest BCUT2D eigenvalue weighted by atomic mass is 16.7. The molecule has 2 aromatic rings. The number of aromatic nitrogens is 2. The van der Waals surface area contributed by atoms with E-state index in [0.717, 1.165) is 5.56 Å². The third-order valence-corrected chi connectivity index (χ3v) is 3.75. The molecule has 0 unspecified atom stereocenters. The number of rotatable bonds is 2. The zero-order valence-electron chi connectivity index (χ0n) is 11.8. The first-order chi connectivity index (χ1) is 10.6. The molecule has 2 aromatic heterocycles. The first-order valence-corrected chi connectivity index (χ1v) is 6.82. The van der Waals surface area contributed by atoms with E-state index in [2.05, 4.69) is 9.97 Å². The van der Waals surface area contributed by atoms with Gasteiger partial charge in [-0.3, -0.25) is 14.6 Å². The Morgan fingerprint density at radius 2 is 2.00 bits per heavy atom. The second-order valence-electron chi connectivity index (χ2n) is 5.25. The van der Waals surface area contributed by atoms with E-state index >= 15 is 0 Å². The van der Waals surface area contributed by atoms with Crippen molar-refractivity contribution in [1.82, 2.24) is 19.9 Å². The fourth-order valence-corrected chi connectivity index (χ4v) is 2.63.